The van der Waals surface area contributed by atoms with Crippen LogP contribution in [-0.4, -0.2) is 41.3 Å². The lowest BCUT2D eigenvalue weighted by Gasteiger charge is -2.25. The number of aromatic nitrogens is 1. The van der Waals surface area contributed by atoms with Gasteiger partial charge in [0.1, 0.15) is 6.04 Å². The van der Waals surface area contributed by atoms with Crippen LogP contribution in [0.5, 0.6) is 0 Å². The number of pyridine rings is 1. The van der Waals surface area contributed by atoms with Gasteiger partial charge in [-0.05, 0) is 37.5 Å². The lowest BCUT2D eigenvalue weighted by Crippen LogP contribution is -2.47. The third-order valence-corrected chi connectivity index (χ3v) is 3.59. The molecular formula is C16H25N3O2. The maximum absolute atomic E-state index is 12.5. The van der Waals surface area contributed by atoms with Crippen molar-refractivity contribution in [2.24, 2.45) is 5.92 Å². The first-order chi connectivity index (χ1) is 9.88. The Morgan fingerprint density at radius 3 is 2.29 bits per heavy atom. The first-order valence-corrected chi connectivity index (χ1v) is 7.33. The topological polar surface area (TPSA) is 62.3 Å². The van der Waals surface area contributed by atoms with Crippen molar-refractivity contribution in [3.8, 4) is 0 Å². The Labute approximate surface area is 126 Å². The number of likely N-dealkylation sites (N-methyl/N-ethyl adjacent to an activating group) is 1. The van der Waals surface area contributed by atoms with Crippen molar-refractivity contribution in [1.29, 1.82) is 0 Å². The minimum Gasteiger partial charge on any atom is -0.344 e. The number of nitrogens with zero attached hydrogens (tertiary/aromatic N) is 2. The van der Waals surface area contributed by atoms with Crippen molar-refractivity contribution in [3.63, 3.8) is 0 Å². The number of amides is 2. The van der Waals surface area contributed by atoms with E-state index in [1.165, 1.54) is 0 Å². The van der Waals surface area contributed by atoms with Gasteiger partial charge in [-0.1, -0.05) is 13.8 Å². The molecule has 0 aliphatic rings. The summed E-state index contributed by atoms with van der Waals surface area (Å²) in [6.07, 6.45) is 3.36. The summed E-state index contributed by atoms with van der Waals surface area (Å²) in [7, 11) is 1.73. The van der Waals surface area contributed by atoms with Crippen LogP contribution >= 0.6 is 0 Å². The van der Waals surface area contributed by atoms with Gasteiger partial charge in [-0.15, -0.1) is 0 Å². The van der Waals surface area contributed by atoms with Gasteiger partial charge in [0.15, 0.2) is 0 Å². The number of hydrogen-bond donors (Lipinski definition) is 1. The van der Waals surface area contributed by atoms with E-state index in [0.717, 1.165) is 5.56 Å². The summed E-state index contributed by atoms with van der Waals surface area (Å²) < 4.78 is 0. The van der Waals surface area contributed by atoms with Crippen LogP contribution in [0.15, 0.2) is 24.5 Å². The van der Waals surface area contributed by atoms with E-state index in [1.807, 2.05) is 32.9 Å². The van der Waals surface area contributed by atoms with Crippen molar-refractivity contribution in [1.82, 2.24) is 15.2 Å². The zero-order valence-corrected chi connectivity index (χ0v) is 13.5. The third kappa shape index (κ3) is 4.55. The van der Waals surface area contributed by atoms with Gasteiger partial charge >= 0.3 is 0 Å². The summed E-state index contributed by atoms with van der Waals surface area (Å²) in [5.41, 5.74) is 0.918. The van der Waals surface area contributed by atoms with Gasteiger partial charge in [0.05, 0.1) is 5.92 Å². The Hall–Kier alpha value is -1.91. The Balaban J connectivity index is 2.82. The van der Waals surface area contributed by atoms with Crippen LogP contribution in [0, 0.1) is 5.92 Å². The van der Waals surface area contributed by atoms with Crippen LogP contribution in [0.1, 0.15) is 39.2 Å². The SMILES string of the molecule is CCN(C)C(=O)[C@@H](C)NC(=O)[C@H](c1ccncc1)C(C)C. The summed E-state index contributed by atoms with van der Waals surface area (Å²) in [4.78, 5) is 30.1. The van der Waals surface area contributed by atoms with E-state index in [-0.39, 0.29) is 23.7 Å². The second-order valence-corrected chi connectivity index (χ2v) is 5.58. The van der Waals surface area contributed by atoms with E-state index in [0.29, 0.717) is 6.54 Å². The van der Waals surface area contributed by atoms with Gasteiger partial charge in [-0.3, -0.25) is 14.6 Å². The predicted molar refractivity (Wildman–Crippen MR) is 82.7 cm³/mol. The van der Waals surface area contributed by atoms with Gasteiger partial charge in [-0.2, -0.15) is 0 Å². The molecular weight excluding hydrogens is 266 g/mol. The van der Waals surface area contributed by atoms with Gasteiger partial charge in [0.2, 0.25) is 11.8 Å². The third-order valence-electron chi connectivity index (χ3n) is 3.59. The molecule has 0 saturated carbocycles. The monoisotopic (exact) mass is 291 g/mol. The Kier molecular flexibility index (Phi) is 6.34. The van der Waals surface area contributed by atoms with Crippen molar-refractivity contribution in [3.05, 3.63) is 30.1 Å². The van der Waals surface area contributed by atoms with Crippen molar-refractivity contribution in [2.75, 3.05) is 13.6 Å². The highest BCUT2D eigenvalue weighted by atomic mass is 16.2. The fraction of sp³-hybridized carbons (Fsp3) is 0.562. The van der Waals surface area contributed by atoms with E-state index >= 15 is 0 Å². The molecule has 0 unspecified atom stereocenters. The molecule has 1 N–H and O–H groups in total. The van der Waals surface area contributed by atoms with E-state index in [2.05, 4.69) is 10.3 Å². The molecule has 1 heterocycles. The van der Waals surface area contributed by atoms with Crippen LogP contribution in [0.3, 0.4) is 0 Å². The van der Waals surface area contributed by atoms with Gasteiger partial charge < -0.3 is 10.2 Å². The maximum Gasteiger partial charge on any atom is 0.244 e. The van der Waals surface area contributed by atoms with Gasteiger partial charge in [0, 0.05) is 26.0 Å². The minimum absolute atomic E-state index is 0.0805. The van der Waals surface area contributed by atoms with Crippen molar-refractivity contribution in [2.45, 2.75) is 39.7 Å². The van der Waals surface area contributed by atoms with Gasteiger partial charge in [0.25, 0.3) is 0 Å². The number of carbonyl (C=O) groups is 2. The highest BCUT2D eigenvalue weighted by Gasteiger charge is 2.27. The van der Waals surface area contributed by atoms with Crippen LogP contribution in [0.25, 0.3) is 0 Å². The molecule has 1 aromatic heterocycles. The highest BCUT2D eigenvalue weighted by molar-refractivity contribution is 5.90. The molecule has 5 nitrogen and oxygen atoms in total. The lowest BCUT2D eigenvalue weighted by atomic mass is 9.88. The van der Waals surface area contributed by atoms with Crippen LogP contribution in [0.2, 0.25) is 0 Å². The molecule has 21 heavy (non-hydrogen) atoms. The van der Waals surface area contributed by atoms with E-state index in [4.69, 9.17) is 0 Å². The van der Waals surface area contributed by atoms with Crippen LogP contribution < -0.4 is 5.32 Å². The zero-order valence-electron chi connectivity index (χ0n) is 13.5. The smallest absolute Gasteiger partial charge is 0.244 e. The molecule has 0 radical (unpaired) electrons. The van der Waals surface area contributed by atoms with E-state index < -0.39 is 6.04 Å². The normalized spacial score (nSPS) is 13.6. The number of rotatable bonds is 6. The first-order valence-electron chi connectivity index (χ1n) is 7.33. The summed E-state index contributed by atoms with van der Waals surface area (Å²) in [6, 6.07) is 3.16. The average Bonchev–Trinajstić information content (AvgIpc) is 2.46. The zero-order chi connectivity index (χ0) is 16.0. The number of hydrogen-bond acceptors (Lipinski definition) is 3. The van der Waals surface area contributed by atoms with Crippen molar-refractivity contribution < 1.29 is 9.59 Å². The van der Waals surface area contributed by atoms with Crippen LogP contribution in [-0.2, 0) is 9.59 Å². The fourth-order valence-corrected chi connectivity index (χ4v) is 2.26. The minimum atomic E-state index is -0.523. The molecule has 2 amide bonds. The first kappa shape index (κ1) is 17.1. The predicted octanol–water partition coefficient (Wildman–Crippen LogP) is 1.80. The number of carbonyl (C=O) groups excluding carboxylic acids is 2. The summed E-state index contributed by atoms with van der Waals surface area (Å²) >= 11 is 0. The molecule has 0 bridgehead atoms. The lowest BCUT2D eigenvalue weighted by molar-refractivity contribution is -0.135. The molecule has 1 aromatic rings. The Bertz CT molecular complexity index is 474. The molecule has 0 fully saturated rings. The van der Waals surface area contributed by atoms with E-state index in [9.17, 15) is 9.59 Å². The largest absolute Gasteiger partial charge is 0.344 e. The van der Waals surface area contributed by atoms with E-state index in [1.54, 1.807) is 31.3 Å². The molecule has 0 aliphatic carbocycles. The van der Waals surface area contributed by atoms with Crippen LogP contribution in [0.4, 0.5) is 0 Å². The maximum atomic E-state index is 12.5. The summed E-state index contributed by atoms with van der Waals surface area (Å²) in [5.74, 6) is -0.349. The standard InChI is InChI=1S/C16H25N3O2/c1-6-19(5)16(21)12(4)18-15(20)14(11(2)3)13-7-9-17-10-8-13/h7-12,14H,6H2,1-5H3,(H,18,20)/t12-,14+/m1/s1. The Morgan fingerprint density at radius 1 is 1.24 bits per heavy atom. The van der Waals surface area contributed by atoms with Gasteiger partial charge in [-0.25, -0.2) is 0 Å². The summed E-state index contributed by atoms with van der Waals surface area (Å²) in [6.45, 7) is 8.23. The molecule has 116 valence electrons. The molecule has 2 atom stereocenters. The molecule has 5 heteroatoms. The second kappa shape index (κ2) is 7.76. The van der Waals surface area contributed by atoms with Crippen molar-refractivity contribution >= 4 is 11.8 Å². The Morgan fingerprint density at radius 2 is 1.81 bits per heavy atom. The molecule has 0 aromatic carbocycles. The molecule has 1 rings (SSSR count). The average molecular weight is 291 g/mol. The molecule has 0 saturated heterocycles. The number of nitrogens with one attached hydrogen (secondary N) is 1. The molecule has 0 spiro atoms. The quantitative estimate of drug-likeness (QED) is 0.869. The second-order valence-electron chi connectivity index (χ2n) is 5.58. The summed E-state index contributed by atoms with van der Waals surface area (Å²) in [5, 5.41) is 2.82. The highest BCUT2D eigenvalue weighted by Crippen LogP contribution is 2.24. The molecule has 0 aliphatic heterocycles. The fourth-order valence-electron chi connectivity index (χ4n) is 2.26.